The van der Waals surface area contributed by atoms with Gasteiger partial charge in [-0.1, -0.05) is 146 Å². The van der Waals surface area contributed by atoms with Gasteiger partial charge in [0.25, 0.3) is 0 Å². The Labute approximate surface area is 364 Å². The molecule has 0 aliphatic rings. The lowest BCUT2D eigenvalue weighted by Crippen LogP contribution is -2.10. The zero-order chi connectivity index (χ0) is 41.0. The summed E-state index contributed by atoms with van der Waals surface area (Å²) < 4.78 is 5.08. The maximum Gasteiger partial charge on any atom is 0.0719 e. The van der Waals surface area contributed by atoms with Crippen molar-refractivity contribution in [1.82, 2.24) is 4.57 Å². The van der Waals surface area contributed by atoms with Gasteiger partial charge in [-0.25, -0.2) is 0 Å². The molecule has 0 saturated carbocycles. The first kappa shape index (κ1) is 36.0. The van der Waals surface area contributed by atoms with Crippen molar-refractivity contribution in [3.8, 4) is 16.8 Å². The monoisotopic (exact) mass is 809 g/mol. The molecule has 12 rings (SSSR count). The molecular weight excluding hydrogens is 771 g/mol. The van der Waals surface area contributed by atoms with E-state index in [1.54, 1.807) is 0 Å². The number of para-hydroxylation sites is 3. The quantitative estimate of drug-likeness (QED) is 0.151. The van der Waals surface area contributed by atoms with Gasteiger partial charge in [-0.15, -0.1) is 11.3 Å². The molecule has 0 radical (unpaired) electrons. The second-order valence-corrected chi connectivity index (χ2v) is 16.8. The molecule has 0 amide bonds. The molecule has 62 heavy (non-hydrogen) atoms. The van der Waals surface area contributed by atoms with E-state index in [0.29, 0.717) is 0 Å². The highest BCUT2D eigenvalue weighted by Gasteiger charge is 2.21. The molecular formula is C58H39N3S. The van der Waals surface area contributed by atoms with Gasteiger partial charge >= 0.3 is 0 Å². The van der Waals surface area contributed by atoms with E-state index in [4.69, 9.17) is 0 Å². The average Bonchev–Trinajstić information content (AvgIpc) is 3.89. The summed E-state index contributed by atoms with van der Waals surface area (Å²) in [6.45, 7) is 0. The number of hydrogen-bond acceptors (Lipinski definition) is 3. The molecule has 4 heteroatoms. The number of anilines is 6. The van der Waals surface area contributed by atoms with Crippen molar-refractivity contribution in [2.45, 2.75) is 0 Å². The van der Waals surface area contributed by atoms with Crippen LogP contribution >= 0.6 is 11.3 Å². The zero-order valence-electron chi connectivity index (χ0n) is 33.8. The van der Waals surface area contributed by atoms with Gasteiger partial charge in [0.1, 0.15) is 0 Å². The number of aromatic nitrogens is 1. The van der Waals surface area contributed by atoms with E-state index in [9.17, 15) is 0 Å². The number of thiophene rings is 1. The Bertz CT molecular complexity index is 3550. The summed E-state index contributed by atoms with van der Waals surface area (Å²) in [5, 5.41) is 7.53. The molecule has 0 bridgehead atoms. The third-order valence-electron chi connectivity index (χ3n) is 12.1. The highest BCUT2D eigenvalue weighted by Crippen LogP contribution is 2.46. The van der Waals surface area contributed by atoms with Crippen molar-refractivity contribution < 1.29 is 0 Å². The Hall–Kier alpha value is -7.92. The highest BCUT2D eigenvalue weighted by atomic mass is 32.1. The molecule has 0 unspecified atom stereocenters. The SMILES string of the molecule is c1ccc(N(c2ccc(-c3ccc(N(c4ccccc4)c4cccc5ccccc45)cc3)cc2)c2ccc3c(c2)c2ccc4c5ccccc5sc4c2n3-c2ccccc2)cc1. The van der Waals surface area contributed by atoms with Crippen LogP contribution < -0.4 is 9.80 Å². The van der Waals surface area contributed by atoms with Gasteiger partial charge in [-0.2, -0.15) is 0 Å². The van der Waals surface area contributed by atoms with Gasteiger partial charge in [-0.3, -0.25) is 0 Å². The molecule has 0 spiro atoms. The highest BCUT2D eigenvalue weighted by molar-refractivity contribution is 7.26. The molecule has 0 aliphatic carbocycles. The van der Waals surface area contributed by atoms with Crippen LogP contribution in [-0.2, 0) is 0 Å². The lowest BCUT2D eigenvalue weighted by atomic mass is 10.0. The maximum atomic E-state index is 2.46. The topological polar surface area (TPSA) is 11.4 Å². The van der Waals surface area contributed by atoms with Crippen LogP contribution in [0.25, 0.3) is 69.6 Å². The van der Waals surface area contributed by atoms with E-state index in [2.05, 4.69) is 251 Å². The summed E-state index contributed by atoms with van der Waals surface area (Å²) in [5.74, 6) is 0. The molecule has 0 saturated heterocycles. The third kappa shape index (κ3) is 6.03. The third-order valence-corrected chi connectivity index (χ3v) is 13.3. The first-order valence-electron chi connectivity index (χ1n) is 21.1. The molecule has 292 valence electrons. The number of rotatable bonds is 8. The number of hydrogen-bond donors (Lipinski definition) is 0. The van der Waals surface area contributed by atoms with Gasteiger partial charge in [-0.05, 0) is 108 Å². The summed E-state index contributed by atoms with van der Waals surface area (Å²) >= 11 is 1.89. The van der Waals surface area contributed by atoms with Gasteiger partial charge in [0.2, 0.25) is 0 Å². The molecule has 12 aromatic rings. The van der Waals surface area contributed by atoms with Crippen LogP contribution in [-0.4, -0.2) is 4.57 Å². The summed E-state index contributed by atoms with van der Waals surface area (Å²) in [4.78, 5) is 4.73. The van der Waals surface area contributed by atoms with Crippen molar-refractivity contribution in [3.05, 3.63) is 237 Å². The van der Waals surface area contributed by atoms with E-state index in [-0.39, 0.29) is 0 Å². The molecule has 10 aromatic carbocycles. The molecule has 0 fully saturated rings. The minimum Gasteiger partial charge on any atom is -0.310 e. The summed E-state index contributed by atoms with van der Waals surface area (Å²) in [5.41, 5.74) is 12.7. The first-order chi connectivity index (χ1) is 30.8. The van der Waals surface area contributed by atoms with Crippen LogP contribution in [0.5, 0.6) is 0 Å². The second kappa shape index (κ2) is 15.0. The molecule has 0 aliphatic heterocycles. The van der Waals surface area contributed by atoms with E-state index < -0.39 is 0 Å². The molecule has 2 aromatic heterocycles. The van der Waals surface area contributed by atoms with Crippen molar-refractivity contribution in [2.75, 3.05) is 9.80 Å². The van der Waals surface area contributed by atoms with Crippen molar-refractivity contribution in [1.29, 1.82) is 0 Å². The standard InChI is InChI=1S/C58H39N3S/c1-4-17-43(18-5-1)59(48-35-38-55-53(39-48)51-36-37-52-50-24-12-13-26-56(50)62-58(52)57(51)61(55)45-21-8-3-9-22-45)46-31-27-40(28-32-46)41-29-33-47(34-30-41)60(44-19-6-2-7-20-44)54-25-14-16-42-15-10-11-23-49(42)54/h1-39H. The zero-order valence-corrected chi connectivity index (χ0v) is 34.6. The second-order valence-electron chi connectivity index (χ2n) is 15.7. The number of fused-ring (bicyclic) bond motifs is 8. The maximum absolute atomic E-state index is 2.46. The molecule has 0 atom stereocenters. The Morgan fingerprint density at radius 1 is 0.339 bits per heavy atom. The minimum absolute atomic E-state index is 1.10. The van der Waals surface area contributed by atoms with Crippen LogP contribution in [0.15, 0.2) is 237 Å². The van der Waals surface area contributed by atoms with Gasteiger partial charge in [0, 0.05) is 65.8 Å². The van der Waals surface area contributed by atoms with Crippen LogP contribution in [0.2, 0.25) is 0 Å². The number of benzene rings is 10. The Kier molecular flexibility index (Phi) is 8.68. The van der Waals surface area contributed by atoms with Crippen molar-refractivity contribution >= 4 is 98.2 Å². The fraction of sp³-hybridized carbons (Fsp3) is 0. The fourth-order valence-corrected chi connectivity index (χ4v) is 10.5. The van der Waals surface area contributed by atoms with Gasteiger partial charge in [0.05, 0.1) is 21.4 Å². The minimum atomic E-state index is 1.10. The Morgan fingerprint density at radius 2 is 0.871 bits per heavy atom. The van der Waals surface area contributed by atoms with E-state index >= 15 is 0 Å². The summed E-state index contributed by atoms with van der Waals surface area (Å²) in [6, 6.07) is 85.6. The van der Waals surface area contributed by atoms with Crippen LogP contribution in [0, 0.1) is 0 Å². The van der Waals surface area contributed by atoms with E-state index in [0.717, 1.165) is 39.8 Å². The first-order valence-corrected chi connectivity index (χ1v) is 21.9. The smallest absolute Gasteiger partial charge is 0.0719 e. The fourth-order valence-electron chi connectivity index (χ4n) is 9.29. The predicted molar refractivity (Wildman–Crippen MR) is 266 cm³/mol. The van der Waals surface area contributed by atoms with Crippen LogP contribution in [0.4, 0.5) is 34.1 Å². The van der Waals surface area contributed by atoms with Crippen molar-refractivity contribution in [2.24, 2.45) is 0 Å². The van der Waals surface area contributed by atoms with Crippen LogP contribution in [0.1, 0.15) is 0 Å². The normalized spacial score (nSPS) is 11.5. The van der Waals surface area contributed by atoms with E-state index in [1.807, 2.05) is 11.3 Å². The lowest BCUT2D eigenvalue weighted by Gasteiger charge is -2.27. The Balaban J connectivity index is 0.946. The summed E-state index contributed by atoms with van der Waals surface area (Å²) in [7, 11) is 0. The van der Waals surface area contributed by atoms with E-state index in [1.165, 1.54) is 63.9 Å². The predicted octanol–water partition coefficient (Wildman–Crippen LogP) is 16.9. The van der Waals surface area contributed by atoms with Crippen LogP contribution in [0.3, 0.4) is 0 Å². The largest absolute Gasteiger partial charge is 0.310 e. The van der Waals surface area contributed by atoms with Gasteiger partial charge < -0.3 is 14.4 Å². The van der Waals surface area contributed by atoms with Crippen molar-refractivity contribution in [3.63, 3.8) is 0 Å². The number of nitrogens with zero attached hydrogens (tertiary/aromatic N) is 3. The average molecular weight is 810 g/mol. The molecule has 3 nitrogen and oxygen atoms in total. The lowest BCUT2D eigenvalue weighted by molar-refractivity contribution is 1.19. The molecule has 2 heterocycles. The van der Waals surface area contributed by atoms with Gasteiger partial charge in [0.15, 0.2) is 0 Å². The summed E-state index contributed by atoms with van der Waals surface area (Å²) in [6.07, 6.45) is 0. The Morgan fingerprint density at radius 3 is 1.58 bits per heavy atom. The molecule has 0 N–H and O–H groups in total.